The number of nitrogens with one attached hydrogen (secondary N) is 1. The van der Waals surface area contributed by atoms with Crippen LogP contribution < -0.4 is 5.32 Å². The van der Waals surface area contributed by atoms with E-state index in [1.165, 1.54) is 5.69 Å². The Labute approximate surface area is 117 Å². The molecule has 0 bridgehead atoms. The lowest BCUT2D eigenvalue weighted by molar-refractivity contribution is 0.785. The number of anilines is 1. The second-order valence-electron chi connectivity index (χ2n) is 4.72. The third-order valence-corrected chi connectivity index (χ3v) is 3.32. The first kappa shape index (κ1) is 12.4. The molecule has 0 saturated carbocycles. The highest BCUT2D eigenvalue weighted by Crippen LogP contribution is 2.18. The van der Waals surface area contributed by atoms with Gasteiger partial charge in [0.15, 0.2) is 0 Å². The normalized spacial score (nSPS) is 10.7. The zero-order valence-corrected chi connectivity index (χ0v) is 11.5. The van der Waals surface area contributed by atoms with Gasteiger partial charge >= 0.3 is 0 Å². The highest BCUT2D eigenvalue weighted by Gasteiger charge is 2.04. The summed E-state index contributed by atoms with van der Waals surface area (Å²) in [4.78, 5) is 0. The summed E-state index contributed by atoms with van der Waals surface area (Å²) in [6.07, 6.45) is 3.64. The predicted molar refractivity (Wildman–Crippen MR) is 76.6 cm³/mol. The van der Waals surface area contributed by atoms with Crippen molar-refractivity contribution >= 4 is 5.69 Å². The molecular weight excluding hydrogens is 252 g/mol. The smallest absolute Gasteiger partial charge is 0.143 e. The van der Waals surface area contributed by atoms with Crippen molar-refractivity contribution in [1.82, 2.24) is 24.8 Å². The molecule has 6 nitrogen and oxygen atoms in total. The van der Waals surface area contributed by atoms with Crippen LogP contribution in [0.5, 0.6) is 0 Å². The van der Waals surface area contributed by atoms with E-state index >= 15 is 0 Å². The van der Waals surface area contributed by atoms with Crippen LogP contribution in [0, 0.1) is 6.92 Å². The largest absolute Gasteiger partial charge is 0.379 e. The molecule has 0 radical (unpaired) electrons. The Morgan fingerprint density at radius 1 is 1.25 bits per heavy atom. The number of aromatic nitrogens is 5. The Kier molecular flexibility index (Phi) is 3.20. The molecule has 0 unspecified atom stereocenters. The molecule has 6 heteroatoms. The molecule has 3 aromatic rings. The van der Waals surface area contributed by atoms with Gasteiger partial charge in [0.05, 0.1) is 12.2 Å². The van der Waals surface area contributed by atoms with E-state index in [4.69, 9.17) is 0 Å². The van der Waals surface area contributed by atoms with Crippen molar-refractivity contribution < 1.29 is 0 Å². The van der Waals surface area contributed by atoms with Crippen LogP contribution in [0.4, 0.5) is 5.69 Å². The lowest BCUT2D eigenvalue weighted by atomic mass is 10.2. The van der Waals surface area contributed by atoms with E-state index in [1.807, 2.05) is 38.4 Å². The first-order valence-corrected chi connectivity index (χ1v) is 6.42. The number of aryl methyl sites for hydroxylation is 2. The van der Waals surface area contributed by atoms with E-state index in [9.17, 15) is 0 Å². The van der Waals surface area contributed by atoms with Gasteiger partial charge < -0.3 is 9.88 Å². The molecule has 3 rings (SSSR count). The van der Waals surface area contributed by atoms with E-state index in [0.29, 0.717) is 0 Å². The van der Waals surface area contributed by atoms with Crippen LogP contribution in [0.15, 0.2) is 42.9 Å². The third kappa shape index (κ3) is 2.40. The fourth-order valence-corrected chi connectivity index (χ4v) is 2.17. The quantitative estimate of drug-likeness (QED) is 0.785. The van der Waals surface area contributed by atoms with Gasteiger partial charge in [0.1, 0.15) is 6.33 Å². The van der Waals surface area contributed by atoms with Crippen molar-refractivity contribution in [2.24, 2.45) is 7.05 Å². The molecule has 2 heterocycles. The molecule has 1 aromatic carbocycles. The monoisotopic (exact) mass is 268 g/mol. The average molecular weight is 268 g/mol. The number of nitrogens with zero attached hydrogens (tertiary/aromatic N) is 5. The van der Waals surface area contributed by atoms with E-state index in [0.717, 1.165) is 23.5 Å². The Morgan fingerprint density at radius 3 is 2.80 bits per heavy atom. The molecule has 0 saturated heterocycles. The molecule has 0 aliphatic heterocycles. The summed E-state index contributed by atoms with van der Waals surface area (Å²) in [5, 5.41) is 14.6. The standard InChI is InChI=1S/C14H16N6/c1-11-8-12(15-9-13-4-3-7-19(13)2)5-6-14(11)20-10-16-17-18-20/h3-8,10,15H,9H2,1-2H3. The van der Waals surface area contributed by atoms with Crippen molar-refractivity contribution in [3.63, 3.8) is 0 Å². The molecule has 2 aromatic heterocycles. The maximum absolute atomic E-state index is 3.91. The molecule has 1 N–H and O–H groups in total. The first-order chi connectivity index (χ1) is 9.74. The second-order valence-corrected chi connectivity index (χ2v) is 4.72. The SMILES string of the molecule is Cc1cc(NCc2cccn2C)ccc1-n1cnnn1. The molecule has 0 amide bonds. The summed E-state index contributed by atoms with van der Waals surface area (Å²) < 4.78 is 3.77. The summed E-state index contributed by atoms with van der Waals surface area (Å²) >= 11 is 0. The molecule has 102 valence electrons. The number of benzene rings is 1. The Morgan fingerprint density at radius 2 is 2.15 bits per heavy atom. The minimum atomic E-state index is 0.799. The third-order valence-electron chi connectivity index (χ3n) is 3.32. The Balaban J connectivity index is 1.76. The average Bonchev–Trinajstić information content (AvgIpc) is 3.08. The summed E-state index contributed by atoms with van der Waals surface area (Å²) in [6.45, 7) is 2.85. The van der Waals surface area contributed by atoms with E-state index in [1.54, 1.807) is 11.0 Å². The Bertz CT molecular complexity index is 698. The van der Waals surface area contributed by atoms with Crippen molar-refractivity contribution in [3.05, 3.63) is 54.1 Å². The van der Waals surface area contributed by atoms with E-state index in [2.05, 4.69) is 37.5 Å². The van der Waals surface area contributed by atoms with E-state index < -0.39 is 0 Å². The zero-order chi connectivity index (χ0) is 13.9. The van der Waals surface area contributed by atoms with Gasteiger partial charge in [-0.1, -0.05) is 0 Å². The first-order valence-electron chi connectivity index (χ1n) is 6.42. The maximum Gasteiger partial charge on any atom is 0.143 e. The maximum atomic E-state index is 3.91. The minimum absolute atomic E-state index is 0.799. The van der Waals surface area contributed by atoms with Gasteiger partial charge in [-0.05, 0) is 53.2 Å². The van der Waals surface area contributed by atoms with Gasteiger partial charge in [0.2, 0.25) is 0 Å². The van der Waals surface area contributed by atoms with Crippen LogP contribution in [0.2, 0.25) is 0 Å². The van der Waals surface area contributed by atoms with Crippen molar-refractivity contribution in [2.45, 2.75) is 13.5 Å². The molecule has 20 heavy (non-hydrogen) atoms. The molecule has 0 aliphatic carbocycles. The molecular formula is C14H16N6. The van der Waals surface area contributed by atoms with Gasteiger partial charge in [-0.2, -0.15) is 0 Å². The van der Waals surface area contributed by atoms with Gasteiger partial charge in [0, 0.05) is 24.6 Å². The number of hydrogen-bond acceptors (Lipinski definition) is 4. The number of rotatable bonds is 4. The molecule has 0 fully saturated rings. The van der Waals surface area contributed by atoms with Crippen LogP contribution in [0.3, 0.4) is 0 Å². The van der Waals surface area contributed by atoms with Gasteiger partial charge in [-0.3, -0.25) is 0 Å². The molecule has 0 atom stereocenters. The van der Waals surface area contributed by atoms with Gasteiger partial charge in [0.25, 0.3) is 0 Å². The highest BCUT2D eigenvalue weighted by atomic mass is 15.5. The molecule has 0 spiro atoms. The summed E-state index contributed by atoms with van der Waals surface area (Å²) in [5.74, 6) is 0. The Hall–Kier alpha value is -2.63. The lowest BCUT2D eigenvalue weighted by Gasteiger charge is -2.10. The van der Waals surface area contributed by atoms with Crippen LogP contribution in [-0.4, -0.2) is 24.8 Å². The highest BCUT2D eigenvalue weighted by molar-refractivity contribution is 5.53. The predicted octanol–water partition coefficient (Wildman–Crippen LogP) is 1.92. The van der Waals surface area contributed by atoms with Crippen LogP contribution >= 0.6 is 0 Å². The second kappa shape index (κ2) is 5.16. The summed E-state index contributed by atoms with van der Waals surface area (Å²) in [7, 11) is 2.04. The van der Waals surface area contributed by atoms with E-state index in [-0.39, 0.29) is 0 Å². The number of tetrazole rings is 1. The van der Waals surface area contributed by atoms with Crippen molar-refractivity contribution in [2.75, 3.05) is 5.32 Å². The van der Waals surface area contributed by atoms with Crippen LogP contribution in [0.25, 0.3) is 5.69 Å². The zero-order valence-electron chi connectivity index (χ0n) is 11.5. The van der Waals surface area contributed by atoms with Crippen LogP contribution in [0.1, 0.15) is 11.3 Å². The summed E-state index contributed by atoms with van der Waals surface area (Å²) in [5.41, 5.74) is 4.43. The van der Waals surface area contributed by atoms with Crippen LogP contribution in [-0.2, 0) is 13.6 Å². The summed E-state index contributed by atoms with van der Waals surface area (Å²) in [6, 6.07) is 10.3. The number of hydrogen-bond donors (Lipinski definition) is 1. The van der Waals surface area contributed by atoms with Gasteiger partial charge in [-0.15, -0.1) is 5.10 Å². The molecule has 0 aliphatic rings. The van der Waals surface area contributed by atoms with Crippen molar-refractivity contribution in [3.8, 4) is 5.69 Å². The van der Waals surface area contributed by atoms with Gasteiger partial charge in [-0.25, -0.2) is 4.68 Å². The van der Waals surface area contributed by atoms with Crippen molar-refractivity contribution in [1.29, 1.82) is 0 Å². The topological polar surface area (TPSA) is 60.6 Å². The fraction of sp³-hybridized carbons (Fsp3) is 0.214. The minimum Gasteiger partial charge on any atom is -0.379 e. The lowest BCUT2D eigenvalue weighted by Crippen LogP contribution is -2.05. The fourth-order valence-electron chi connectivity index (χ4n) is 2.17.